The van der Waals surface area contributed by atoms with Crippen LogP contribution in [0.3, 0.4) is 0 Å². The lowest BCUT2D eigenvalue weighted by molar-refractivity contribution is -0.385. The Morgan fingerprint density at radius 1 is 1.29 bits per heavy atom. The van der Waals surface area contributed by atoms with Gasteiger partial charge in [0.2, 0.25) is 5.91 Å². The van der Waals surface area contributed by atoms with Crippen molar-refractivity contribution in [3.63, 3.8) is 0 Å². The van der Waals surface area contributed by atoms with E-state index in [4.69, 9.17) is 5.73 Å². The Morgan fingerprint density at radius 2 is 2.00 bits per heavy atom. The predicted octanol–water partition coefficient (Wildman–Crippen LogP) is 2.82. The molecule has 150 valence electrons. The maximum Gasteiger partial charge on any atom is 0.274 e. The highest BCUT2D eigenvalue weighted by molar-refractivity contribution is 5.93. The average Bonchev–Trinajstić information content (AvgIpc) is 2.68. The minimum atomic E-state index is -0.666. The molecule has 0 spiro atoms. The zero-order valence-corrected chi connectivity index (χ0v) is 16.6. The number of nitro benzene ring substituents is 1. The van der Waals surface area contributed by atoms with Crippen LogP contribution in [0.2, 0.25) is 0 Å². The summed E-state index contributed by atoms with van der Waals surface area (Å²) in [6.45, 7) is 4.97. The van der Waals surface area contributed by atoms with E-state index in [-0.39, 0.29) is 29.7 Å². The van der Waals surface area contributed by atoms with E-state index in [0.717, 1.165) is 26.1 Å². The lowest BCUT2D eigenvalue weighted by Gasteiger charge is -2.36. The first kappa shape index (κ1) is 21.8. The fourth-order valence-corrected chi connectivity index (χ4v) is 3.48. The standard InChI is InChI=1S/C20H24N4O3.ClH/c1-2-14-3-5-15(6-4-14)19-12-22-9-10-23(19)13-17-8-7-16(20(21)25)11-18(17)24(26)27;/h3-8,11,19,22H,2,9-10,12-13H2,1H3,(H2,21,25);1H. The first-order valence-corrected chi connectivity index (χ1v) is 9.10. The zero-order chi connectivity index (χ0) is 19.4. The van der Waals surface area contributed by atoms with Gasteiger partial charge >= 0.3 is 0 Å². The van der Waals surface area contributed by atoms with Crippen LogP contribution in [0.5, 0.6) is 0 Å². The lowest BCUT2D eigenvalue weighted by Crippen LogP contribution is -2.45. The number of nitro groups is 1. The molecule has 1 unspecified atom stereocenters. The Hall–Kier alpha value is -2.48. The van der Waals surface area contributed by atoms with Crippen molar-refractivity contribution in [2.24, 2.45) is 5.73 Å². The number of nitrogens with zero attached hydrogens (tertiary/aromatic N) is 2. The van der Waals surface area contributed by atoms with Gasteiger partial charge in [-0.1, -0.05) is 37.3 Å². The van der Waals surface area contributed by atoms with Crippen molar-refractivity contribution < 1.29 is 9.72 Å². The van der Waals surface area contributed by atoms with Crippen LogP contribution < -0.4 is 11.1 Å². The number of nitrogens with one attached hydrogen (secondary N) is 1. The zero-order valence-electron chi connectivity index (χ0n) is 15.8. The molecule has 0 aromatic heterocycles. The minimum Gasteiger partial charge on any atom is -0.366 e. The van der Waals surface area contributed by atoms with Crippen LogP contribution in [-0.2, 0) is 13.0 Å². The van der Waals surface area contributed by atoms with Crippen LogP contribution in [0.25, 0.3) is 0 Å². The molecule has 1 fully saturated rings. The highest BCUT2D eigenvalue weighted by atomic mass is 35.5. The van der Waals surface area contributed by atoms with Gasteiger partial charge in [-0.3, -0.25) is 19.8 Å². The van der Waals surface area contributed by atoms with Crippen LogP contribution in [0.4, 0.5) is 5.69 Å². The number of carbonyl (C=O) groups is 1. The van der Waals surface area contributed by atoms with Crippen LogP contribution in [-0.4, -0.2) is 35.4 Å². The van der Waals surface area contributed by atoms with E-state index in [1.165, 1.54) is 17.2 Å². The van der Waals surface area contributed by atoms with Crippen molar-refractivity contribution in [2.45, 2.75) is 25.9 Å². The number of amides is 1. The van der Waals surface area contributed by atoms with Gasteiger partial charge in [0.05, 0.1) is 4.92 Å². The normalized spacial score (nSPS) is 17.0. The van der Waals surface area contributed by atoms with E-state index in [1.807, 2.05) is 0 Å². The van der Waals surface area contributed by atoms with Crippen LogP contribution in [0, 0.1) is 10.1 Å². The van der Waals surface area contributed by atoms with Gasteiger partial charge < -0.3 is 11.1 Å². The topological polar surface area (TPSA) is 102 Å². The quantitative estimate of drug-likeness (QED) is 0.569. The average molecular weight is 405 g/mol. The summed E-state index contributed by atoms with van der Waals surface area (Å²) in [7, 11) is 0. The highest BCUT2D eigenvalue weighted by Gasteiger charge is 2.26. The first-order chi connectivity index (χ1) is 13.0. The molecule has 0 aliphatic carbocycles. The Kier molecular flexibility index (Phi) is 7.51. The molecule has 0 bridgehead atoms. The van der Waals surface area contributed by atoms with Crippen molar-refractivity contribution in [3.8, 4) is 0 Å². The molecule has 2 aromatic carbocycles. The fraction of sp³-hybridized carbons (Fsp3) is 0.350. The number of rotatable bonds is 6. The molecule has 1 amide bonds. The number of piperazine rings is 1. The second kappa shape index (κ2) is 9.64. The van der Waals surface area contributed by atoms with Crippen molar-refractivity contribution in [1.82, 2.24) is 10.2 Å². The van der Waals surface area contributed by atoms with Crippen LogP contribution in [0.1, 0.15) is 40.0 Å². The van der Waals surface area contributed by atoms with Crippen LogP contribution in [0.15, 0.2) is 42.5 Å². The monoisotopic (exact) mass is 404 g/mol. The summed E-state index contributed by atoms with van der Waals surface area (Å²) in [6, 6.07) is 13.1. The lowest BCUT2D eigenvalue weighted by atomic mass is 9.99. The third-order valence-electron chi connectivity index (χ3n) is 5.07. The van der Waals surface area contributed by atoms with E-state index in [9.17, 15) is 14.9 Å². The Morgan fingerprint density at radius 3 is 2.61 bits per heavy atom. The van der Waals surface area contributed by atoms with Crippen LogP contribution >= 0.6 is 12.4 Å². The van der Waals surface area contributed by atoms with E-state index in [1.54, 1.807) is 12.1 Å². The van der Waals surface area contributed by atoms with E-state index in [0.29, 0.717) is 12.1 Å². The Bertz CT molecular complexity index is 842. The Balaban J connectivity index is 0.00000280. The minimum absolute atomic E-state index is 0. The van der Waals surface area contributed by atoms with Gasteiger partial charge in [0.25, 0.3) is 5.69 Å². The van der Waals surface area contributed by atoms with Gasteiger partial charge in [0.15, 0.2) is 0 Å². The number of carbonyl (C=O) groups excluding carboxylic acids is 1. The van der Waals surface area contributed by atoms with E-state index in [2.05, 4.69) is 41.4 Å². The fourth-order valence-electron chi connectivity index (χ4n) is 3.48. The molecule has 1 heterocycles. The summed E-state index contributed by atoms with van der Waals surface area (Å²) in [4.78, 5) is 24.6. The molecule has 0 radical (unpaired) electrons. The van der Waals surface area contributed by atoms with E-state index < -0.39 is 10.8 Å². The maximum absolute atomic E-state index is 11.5. The molecule has 8 heteroatoms. The van der Waals surface area contributed by atoms with Gasteiger partial charge in [0, 0.05) is 49.4 Å². The molecule has 0 saturated carbocycles. The molecule has 1 saturated heterocycles. The summed E-state index contributed by atoms with van der Waals surface area (Å²) in [5.41, 5.74) is 8.40. The SMILES string of the molecule is CCc1ccc(C2CNCCN2Cc2ccc(C(N)=O)cc2[N+](=O)[O-])cc1.Cl. The first-order valence-electron chi connectivity index (χ1n) is 9.10. The largest absolute Gasteiger partial charge is 0.366 e. The number of hydrogen-bond acceptors (Lipinski definition) is 5. The number of benzene rings is 2. The third-order valence-corrected chi connectivity index (χ3v) is 5.07. The van der Waals surface area contributed by atoms with Crippen molar-refractivity contribution in [1.29, 1.82) is 0 Å². The van der Waals surface area contributed by atoms with Crippen molar-refractivity contribution in [3.05, 3.63) is 74.8 Å². The van der Waals surface area contributed by atoms with Gasteiger partial charge in [0.1, 0.15) is 0 Å². The highest BCUT2D eigenvalue weighted by Crippen LogP contribution is 2.28. The van der Waals surface area contributed by atoms with Gasteiger partial charge in [-0.25, -0.2) is 0 Å². The molecule has 1 aliphatic heterocycles. The van der Waals surface area contributed by atoms with Crippen molar-refractivity contribution in [2.75, 3.05) is 19.6 Å². The molecule has 28 heavy (non-hydrogen) atoms. The summed E-state index contributed by atoms with van der Waals surface area (Å²) in [5.74, 6) is -0.666. The summed E-state index contributed by atoms with van der Waals surface area (Å²) in [5, 5.41) is 14.9. The molecule has 1 aliphatic rings. The summed E-state index contributed by atoms with van der Waals surface area (Å²) in [6.07, 6.45) is 0.991. The number of hydrogen-bond donors (Lipinski definition) is 2. The van der Waals surface area contributed by atoms with Gasteiger partial charge in [-0.15, -0.1) is 12.4 Å². The summed E-state index contributed by atoms with van der Waals surface area (Å²) >= 11 is 0. The van der Waals surface area contributed by atoms with Crippen molar-refractivity contribution >= 4 is 24.0 Å². The third kappa shape index (κ3) is 4.86. The molecule has 3 N–H and O–H groups in total. The number of nitrogens with two attached hydrogens (primary N) is 1. The second-order valence-corrected chi connectivity index (χ2v) is 6.75. The molecule has 1 atom stereocenters. The smallest absolute Gasteiger partial charge is 0.274 e. The summed E-state index contributed by atoms with van der Waals surface area (Å²) < 4.78 is 0. The molecular weight excluding hydrogens is 380 g/mol. The number of aryl methyl sites for hydroxylation is 1. The number of primary amides is 1. The maximum atomic E-state index is 11.5. The second-order valence-electron chi connectivity index (χ2n) is 6.75. The van der Waals surface area contributed by atoms with Gasteiger partial charge in [-0.2, -0.15) is 0 Å². The number of halogens is 1. The van der Waals surface area contributed by atoms with Gasteiger partial charge in [-0.05, 0) is 23.6 Å². The molecular formula is C20H25ClN4O3. The predicted molar refractivity (Wildman–Crippen MR) is 111 cm³/mol. The Labute approximate surface area is 170 Å². The molecule has 7 nitrogen and oxygen atoms in total. The molecule has 3 rings (SSSR count). The molecule has 2 aromatic rings. The van der Waals surface area contributed by atoms with E-state index >= 15 is 0 Å².